The standard InChI is InChI=1S/C20H27IN2O7/c1-28-6-4-22-15-9-13(20(27)23-3-5-24)10-16(18(15)26)30-19-14(21)7-12(11-25)8-17(19)29-2/h7-8,10-11,15-16,18,22,24,26H,3-6,9H2,1-2H3,(H,23,27)/t15-,16+,18+/m1/s1. The van der Waals surface area contributed by atoms with E-state index in [0.29, 0.717) is 52.1 Å². The molecule has 0 unspecified atom stereocenters. The Morgan fingerprint density at radius 2 is 2.10 bits per heavy atom. The van der Waals surface area contributed by atoms with E-state index in [9.17, 15) is 14.7 Å². The zero-order valence-corrected chi connectivity index (χ0v) is 19.0. The van der Waals surface area contributed by atoms with Crippen LogP contribution in [-0.2, 0) is 9.53 Å². The van der Waals surface area contributed by atoms with Gasteiger partial charge in [0, 0.05) is 37.4 Å². The van der Waals surface area contributed by atoms with E-state index in [1.807, 2.05) is 22.6 Å². The van der Waals surface area contributed by atoms with Crippen molar-refractivity contribution < 1.29 is 34.0 Å². The second-order valence-corrected chi connectivity index (χ2v) is 7.82. The van der Waals surface area contributed by atoms with Gasteiger partial charge < -0.3 is 35.1 Å². The van der Waals surface area contributed by atoms with Gasteiger partial charge in [-0.05, 0) is 47.2 Å². The third kappa shape index (κ3) is 6.38. The highest BCUT2D eigenvalue weighted by molar-refractivity contribution is 14.1. The van der Waals surface area contributed by atoms with Crippen LogP contribution in [-0.4, -0.2) is 81.2 Å². The maximum atomic E-state index is 12.5. The lowest BCUT2D eigenvalue weighted by molar-refractivity contribution is -0.118. The Labute approximate surface area is 188 Å². The first kappa shape index (κ1) is 24.5. The van der Waals surface area contributed by atoms with Crippen LogP contribution in [0, 0.1) is 3.57 Å². The molecule has 0 saturated carbocycles. The molecule has 1 aromatic rings. The number of ether oxygens (including phenoxy) is 3. The number of carbonyl (C=O) groups is 2. The quantitative estimate of drug-likeness (QED) is 0.181. The van der Waals surface area contributed by atoms with E-state index >= 15 is 0 Å². The van der Waals surface area contributed by atoms with E-state index in [4.69, 9.17) is 19.3 Å². The molecule has 0 aromatic heterocycles. The number of aldehydes is 1. The summed E-state index contributed by atoms with van der Waals surface area (Å²) in [6, 6.07) is 2.75. The van der Waals surface area contributed by atoms with Gasteiger partial charge >= 0.3 is 0 Å². The van der Waals surface area contributed by atoms with Crippen molar-refractivity contribution in [3.05, 3.63) is 32.9 Å². The molecule has 166 valence electrons. The number of benzene rings is 1. The lowest BCUT2D eigenvalue weighted by atomic mass is 9.89. The van der Waals surface area contributed by atoms with Crippen molar-refractivity contribution in [3.63, 3.8) is 0 Å². The molecule has 0 spiro atoms. The molecule has 0 radical (unpaired) electrons. The maximum absolute atomic E-state index is 12.5. The highest BCUT2D eigenvalue weighted by atomic mass is 127. The molecule has 10 heteroatoms. The molecule has 30 heavy (non-hydrogen) atoms. The van der Waals surface area contributed by atoms with Crippen LogP contribution < -0.4 is 20.1 Å². The van der Waals surface area contributed by atoms with E-state index < -0.39 is 18.2 Å². The van der Waals surface area contributed by atoms with Gasteiger partial charge in [-0.2, -0.15) is 0 Å². The van der Waals surface area contributed by atoms with Gasteiger partial charge in [-0.1, -0.05) is 0 Å². The lowest BCUT2D eigenvalue weighted by Crippen LogP contribution is -2.52. The second kappa shape index (κ2) is 12.2. The maximum Gasteiger partial charge on any atom is 0.247 e. The molecular weight excluding hydrogens is 507 g/mol. The summed E-state index contributed by atoms with van der Waals surface area (Å²) in [5, 5.41) is 25.7. The molecule has 0 aliphatic heterocycles. The number of carbonyl (C=O) groups excluding carboxylic acids is 2. The molecular formula is C20H27IN2O7. The van der Waals surface area contributed by atoms with Crippen LogP contribution in [0.25, 0.3) is 0 Å². The van der Waals surface area contributed by atoms with Gasteiger partial charge in [0.05, 0.1) is 23.9 Å². The molecule has 1 aliphatic carbocycles. The molecule has 0 saturated heterocycles. The van der Waals surface area contributed by atoms with E-state index in [2.05, 4.69) is 10.6 Å². The van der Waals surface area contributed by atoms with Crippen molar-refractivity contribution >= 4 is 34.8 Å². The van der Waals surface area contributed by atoms with Crippen molar-refractivity contribution in [1.82, 2.24) is 10.6 Å². The van der Waals surface area contributed by atoms with Crippen LogP contribution in [0.1, 0.15) is 16.8 Å². The number of aliphatic hydroxyl groups excluding tert-OH is 2. The summed E-state index contributed by atoms with van der Waals surface area (Å²) in [4.78, 5) is 23.6. The molecule has 1 amide bonds. The fraction of sp³-hybridized carbons (Fsp3) is 0.500. The van der Waals surface area contributed by atoms with Gasteiger partial charge in [-0.25, -0.2) is 0 Å². The molecule has 4 N–H and O–H groups in total. The van der Waals surface area contributed by atoms with Gasteiger partial charge in [0.2, 0.25) is 5.91 Å². The van der Waals surface area contributed by atoms with Crippen LogP contribution in [0.4, 0.5) is 0 Å². The summed E-state index contributed by atoms with van der Waals surface area (Å²) < 4.78 is 17.1. The summed E-state index contributed by atoms with van der Waals surface area (Å²) in [5.74, 6) is 0.392. The van der Waals surface area contributed by atoms with E-state index in [-0.39, 0.29) is 19.1 Å². The minimum Gasteiger partial charge on any atom is -0.493 e. The van der Waals surface area contributed by atoms with Crippen molar-refractivity contribution in [2.75, 3.05) is 40.5 Å². The molecule has 1 aromatic carbocycles. The fourth-order valence-electron chi connectivity index (χ4n) is 3.10. The molecule has 2 rings (SSSR count). The first-order valence-electron chi connectivity index (χ1n) is 9.44. The van der Waals surface area contributed by atoms with Crippen molar-refractivity contribution in [2.24, 2.45) is 0 Å². The van der Waals surface area contributed by atoms with Crippen molar-refractivity contribution in [2.45, 2.75) is 24.7 Å². The molecule has 1 aliphatic rings. The number of nitrogens with one attached hydrogen (secondary N) is 2. The summed E-state index contributed by atoms with van der Waals surface area (Å²) in [6.07, 6.45) is 0.805. The third-order valence-corrected chi connectivity index (χ3v) is 5.40. The number of hydrogen-bond acceptors (Lipinski definition) is 8. The molecule has 9 nitrogen and oxygen atoms in total. The highest BCUT2D eigenvalue weighted by Crippen LogP contribution is 2.36. The Bertz CT molecular complexity index is 772. The van der Waals surface area contributed by atoms with Crippen molar-refractivity contribution in [3.8, 4) is 11.5 Å². The minimum atomic E-state index is -0.942. The Balaban J connectivity index is 2.32. The van der Waals surface area contributed by atoms with Gasteiger partial charge in [0.25, 0.3) is 0 Å². The SMILES string of the molecule is COCCN[C@@H]1CC(C(=O)NCCO)=C[C@H](Oc2c(I)cc(C=O)cc2OC)[C@H]1O. The molecule has 0 fully saturated rings. The van der Waals surface area contributed by atoms with Crippen LogP contribution in [0.15, 0.2) is 23.8 Å². The molecule has 0 bridgehead atoms. The number of amides is 1. The molecule has 0 heterocycles. The normalized spacial score (nSPS) is 21.0. The van der Waals surface area contributed by atoms with Crippen LogP contribution in [0.3, 0.4) is 0 Å². The summed E-state index contributed by atoms with van der Waals surface area (Å²) in [6.45, 7) is 0.898. The number of aliphatic hydroxyl groups is 2. The monoisotopic (exact) mass is 534 g/mol. The first-order valence-corrected chi connectivity index (χ1v) is 10.5. The minimum absolute atomic E-state index is 0.130. The van der Waals surface area contributed by atoms with Crippen LogP contribution in [0.5, 0.6) is 11.5 Å². The Hall–Kier alpha value is -1.73. The number of halogens is 1. The fourth-order valence-corrected chi connectivity index (χ4v) is 3.86. The predicted molar refractivity (Wildman–Crippen MR) is 118 cm³/mol. The van der Waals surface area contributed by atoms with E-state index in [1.54, 1.807) is 25.3 Å². The van der Waals surface area contributed by atoms with E-state index in [1.165, 1.54) is 7.11 Å². The van der Waals surface area contributed by atoms with Gasteiger partial charge in [0.15, 0.2) is 11.5 Å². The Morgan fingerprint density at radius 1 is 1.33 bits per heavy atom. The summed E-state index contributed by atoms with van der Waals surface area (Å²) >= 11 is 2.03. The van der Waals surface area contributed by atoms with E-state index in [0.717, 1.165) is 0 Å². The Morgan fingerprint density at radius 3 is 2.73 bits per heavy atom. The third-order valence-electron chi connectivity index (χ3n) is 4.60. The van der Waals surface area contributed by atoms with Crippen LogP contribution in [0.2, 0.25) is 0 Å². The average Bonchev–Trinajstić information content (AvgIpc) is 2.75. The summed E-state index contributed by atoms with van der Waals surface area (Å²) in [5.41, 5.74) is 0.874. The zero-order chi connectivity index (χ0) is 22.1. The predicted octanol–water partition coefficient (Wildman–Crippen LogP) is 0.264. The summed E-state index contributed by atoms with van der Waals surface area (Å²) in [7, 11) is 3.04. The second-order valence-electron chi connectivity index (χ2n) is 6.65. The number of methoxy groups -OCH3 is 2. The lowest BCUT2D eigenvalue weighted by Gasteiger charge is -2.34. The van der Waals surface area contributed by atoms with Gasteiger partial charge in [-0.3, -0.25) is 9.59 Å². The number of rotatable bonds is 11. The van der Waals surface area contributed by atoms with Crippen LogP contribution >= 0.6 is 22.6 Å². The van der Waals surface area contributed by atoms with Gasteiger partial charge in [0.1, 0.15) is 18.5 Å². The van der Waals surface area contributed by atoms with Gasteiger partial charge in [-0.15, -0.1) is 0 Å². The average molecular weight is 534 g/mol. The van der Waals surface area contributed by atoms with Crippen molar-refractivity contribution in [1.29, 1.82) is 0 Å². The largest absolute Gasteiger partial charge is 0.493 e. The molecule has 3 atom stereocenters. The Kier molecular flexibility index (Phi) is 9.98. The smallest absolute Gasteiger partial charge is 0.247 e. The number of hydrogen-bond donors (Lipinski definition) is 4. The topological polar surface area (TPSA) is 126 Å². The highest BCUT2D eigenvalue weighted by Gasteiger charge is 2.36. The first-order chi connectivity index (χ1) is 14.4. The zero-order valence-electron chi connectivity index (χ0n) is 16.9.